The Morgan fingerprint density at radius 2 is 2.43 bits per heavy atom. The van der Waals surface area contributed by atoms with Gasteiger partial charge in [0.15, 0.2) is 0 Å². The number of hydrogen-bond acceptors (Lipinski definition) is 3. The molecule has 1 aromatic rings. The van der Waals surface area contributed by atoms with E-state index in [1.807, 2.05) is 18.4 Å². The van der Waals surface area contributed by atoms with Crippen molar-refractivity contribution in [1.29, 1.82) is 0 Å². The van der Waals surface area contributed by atoms with Gasteiger partial charge in [0, 0.05) is 28.2 Å². The van der Waals surface area contributed by atoms with E-state index in [0.717, 1.165) is 15.8 Å². The Bertz CT molecular complexity index is 311. The zero-order chi connectivity index (χ0) is 10.6. The molecule has 0 radical (unpaired) electrons. The first-order valence-corrected chi connectivity index (χ1v) is 6.30. The molecule has 0 fully saturated rings. The number of nitrogens with two attached hydrogens (primary N) is 1. The molecule has 4 heteroatoms. The maximum absolute atomic E-state index is 11.5. The van der Waals surface area contributed by atoms with Crippen LogP contribution in [-0.2, 0) is 11.2 Å². The van der Waals surface area contributed by atoms with Gasteiger partial charge in [-0.05, 0) is 33.8 Å². The van der Waals surface area contributed by atoms with Gasteiger partial charge in [0.05, 0.1) is 0 Å². The maximum Gasteiger partial charge on any atom is 0.139 e. The summed E-state index contributed by atoms with van der Waals surface area (Å²) in [6.07, 6.45) is 1.85. The Kier molecular flexibility index (Phi) is 4.78. The Labute approximate surface area is 96.6 Å². The van der Waals surface area contributed by atoms with Crippen molar-refractivity contribution in [2.24, 2.45) is 5.73 Å². The molecule has 2 N–H and O–H groups in total. The molecule has 0 saturated carbocycles. The van der Waals surface area contributed by atoms with E-state index < -0.39 is 0 Å². The standard InChI is InChI=1S/C10H14BrNOS/c1-2-7(12)5-8(13)6-10-9(11)3-4-14-10/h3-4,7H,2,5-6,12H2,1H3. The summed E-state index contributed by atoms with van der Waals surface area (Å²) in [5, 5.41) is 1.98. The predicted molar refractivity (Wildman–Crippen MR) is 63.6 cm³/mol. The highest BCUT2D eigenvalue weighted by Gasteiger charge is 2.11. The highest BCUT2D eigenvalue weighted by Crippen LogP contribution is 2.23. The SMILES string of the molecule is CCC(N)CC(=O)Cc1sccc1Br. The molecule has 14 heavy (non-hydrogen) atoms. The molecule has 1 rings (SSSR count). The smallest absolute Gasteiger partial charge is 0.139 e. The van der Waals surface area contributed by atoms with Crippen LogP contribution in [-0.4, -0.2) is 11.8 Å². The van der Waals surface area contributed by atoms with Crippen LogP contribution in [0.2, 0.25) is 0 Å². The number of rotatable bonds is 5. The third-order valence-electron chi connectivity index (χ3n) is 2.06. The van der Waals surface area contributed by atoms with Gasteiger partial charge in [0.25, 0.3) is 0 Å². The van der Waals surface area contributed by atoms with Gasteiger partial charge in [0.1, 0.15) is 5.78 Å². The lowest BCUT2D eigenvalue weighted by atomic mass is 10.1. The maximum atomic E-state index is 11.5. The number of hydrogen-bond donors (Lipinski definition) is 1. The third kappa shape index (κ3) is 3.52. The van der Waals surface area contributed by atoms with Crippen LogP contribution in [0.15, 0.2) is 15.9 Å². The van der Waals surface area contributed by atoms with Crippen molar-refractivity contribution in [3.8, 4) is 0 Å². The molecule has 0 amide bonds. The third-order valence-corrected chi connectivity index (χ3v) is 3.99. The molecule has 0 aromatic carbocycles. The molecule has 1 aromatic heterocycles. The molecule has 78 valence electrons. The summed E-state index contributed by atoms with van der Waals surface area (Å²) in [4.78, 5) is 12.6. The van der Waals surface area contributed by atoms with Crippen molar-refractivity contribution in [2.75, 3.05) is 0 Å². The van der Waals surface area contributed by atoms with Crippen molar-refractivity contribution < 1.29 is 4.79 Å². The number of halogens is 1. The minimum atomic E-state index is 0.0150. The predicted octanol–water partition coefficient (Wildman–Crippen LogP) is 2.75. The summed E-state index contributed by atoms with van der Waals surface area (Å²) in [7, 11) is 0. The van der Waals surface area contributed by atoms with Crippen LogP contribution in [0.3, 0.4) is 0 Å². The van der Waals surface area contributed by atoms with Crippen LogP contribution in [0.1, 0.15) is 24.6 Å². The molecular weight excluding hydrogens is 262 g/mol. The molecule has 0 saturated heterocycles. The minimum absolute atomic E-state index is 0.0150. The van der Waals surface area contributed by atoms with Crippen LogP contribution in [0.5, 0.6) is 0 Å². The molecule has 0 aliphatic carbocycles. The highest BCUT2D eigenvalue weighted by atomic mass is 79.9. The average molecular weight is 276 g/mol. The van der Waals surface area contributed by atoms with Gasteiger partial charge in [-0.25, -0.2) is 0 Å². The Balaban J connectivity index is 2.45. The molecule has 0 aliphatic rings. The second kappa shape index (κ2) is 5.63. The van der Waals surface area contributed by atoms with Gasteiger partial charge in [-0.3, -0.25) is 4.79 Å². The average Bonchev–Trinajstić information content (AvgIpc) is 2.51. The number of carbonyl (C=O) groups excluding carboxylic acids is 1. The molecule has 0 bridgehead atoms. The van der Waals surface area contributed by atoms with E-state index in [2.05, 4.69) is 15.9 Å². The quantitative estimate of drug-likeness (QED) is 0.898. The fourth-order valence-electron chi connectivity index (χ4n) is 1.14. The second-order valence-corrected chi connectivity index (χ2v) is 5.13. The number of thiophene rings is 1. The summed E-state index contributed by atoms with van der Waals surface area (Å²) < 4.78 is 1.03. The first kappa shape index (κ1) is 11.9. The fourth-order valence-corrected chi connectivity index (χ4v) is 2.66. The summed E-state index contributed by atoms with van der Waals surface area (Å²) in [6.45, 7) is 2.00. The lowest BCUT2D eigenvalue weighted by Gasteiger charge is -2.06. The van der Waals surface area contributed by atoms with E-state index in [1.165, 1.54) is 0 Å². The number of ketones is 1. The number of Topliss-reactive ketones (excluding diaryl/α,β-unsaturated/α-hetero) is 1. The second-order valence-electron chi connectivity index (χ2n) is 3.28. The van der Waals surface area contributed by atoms with Crippen molar-refractivity contribution in [3.05, 3.63) is 20.8 Å². The summed E-state index contributed by atoms with van der Waals surface area (Å²) >= 11 is 5.01. The highest BCUT2D eigenvalue weighted by molar-refractivity contribution is 9.10. The molecule has 1 unspecified atom stereocenters. The van der Waals surface area contributed by atoms with Crippen molar-refractivity contribution >= 4 is 33.0 Å². The number of carbonyl (C=O) groups is 1. The Hall–Kier alpha value is -0.190. The van der Waals surface area contributed by atoms with Crippen molar-refractivity contribution in [2.45, 2.75) is 32.2 Å². The topological polar surface area (TPSA) is 43.1 Å². The zero-order valence-electron chi connectivity index (χ0n) is 8.13. The van der Waals surface area contributed by atoms with Crippen LogP contribution in [0.4, 0.5) is 0 Å². The van der Waals surface area contributed by atoms with Gasteiger partial charge in [-0.1, -0.05) is 6.92 Å². The van der Waals surface area contributed by atoms with E-state index in [0.29, 0.717) is 12.8 Å². The summed E-state index contributed by atoms with van der Waals surface area (Å²) in [5.41, 5.74) is 5.71. The molecule has 2 nitrogen and oxygen atoms in total. The van der Waals surface area contributed by atoms with E-state index in [9.17, 15) is 4.79 Å². The van der Waals surface area contributed by atoms with Gasteiger partial charge < -0.3 is 5.73 Å². The van der Waals surface area contributed by atoms with Crippen molar-refractivity contribution in [3.63, 3.8) is 0 Å². The molecule has 1 atom stereocenters. The van der Waals surface area contributed by atoms with Crippen LogP contribution in [0, 0.1) is 0 Å². The molecular formula is C10H14BrNOS. The summed E-state index contributed by atoms with van der Waals surface area (Å²) in [5.74, 6) is 0.225. The van der Waals surface area contributed by atoms with E-state index >= 15 is 0 Å². The summed E-state index contributed by atoms with van der Waals surface area (Å²) in [6, 6.07) is 1.98. The normalized spacial score (nSPS) is 12.8. The molecule has 1 heterocycles. The van der Waals surface area contributed by atoms with E-state index in [4.69, 9.17) is 5.73 Å². The zero-order valence-corrected chi connectivity index (χ0v) is 10.5. The van der Waals surface area contributed by atoms with Gasteiger partial charge >= 0.3 is 0 Å². The first-order valence-electron chi connectivity index (χ1n) is 4.62. The van der Waals surface area contributed by atoms with Crippen LogP contribution >= 0.6 is 27.3 Å². The molecule has 0 aliphatic heterocycles. The largest absolute Gasteiger partial charge is 0.327 e. The van der Waals surface area contributed by atoms with E-state index in [1.54, 1.807) is 11.3 Å². The lowest BCUT2D eigenvalue weighted by Crippen LogP contribution is -2.23. The fraction of sp³-hybridized carbons (Fsp3) is 0.500. The van der Waals surface area contributed by atoms with Crippen LogP contribution < -0.4 is 5.73 Å². The molecule has 0 spiro atoms. The minimum Gasteiger partial charge on any atom is -0.327 e. The van der Waals surface area contributed by atoms with Crippen LogP contribution in [0.25, 0.3) is 0 Å². The lowest BCUT2D eigenvalue weighted by molar-refractivity contribution is -0.118. The Morgan fingerprint density at radius 1 is 1.71 bits per heavy atom. The Morgan fingerprint density at radius 3 is 2.93 bits per heavy atom. The van der Waals surface area contributed by atoms with Crippen molar-refractivity contribution in [1.82, 2.24) is 0 Å². The van der Waals surface area contributed by atoms with Gasteiger partial charge in [-0.15, -0.1) is 11.3 Å². The van der Waals surface area contributed by atoms with Gasteiger partial charge in [-0.2, -0.15) is 0 Å². The first-order chi connectivity index (χ1) is 6.63. The van der Waals surface area contributed by atoms with Gasteiger partial charge in [0.2, 0.25) is 0 Å². The van der Waals surface area contributed by atoms with E-state index in [-0.39, 0.29) is 11.8 Å². The monoisotopic (exact) mass is 275 g/mol.